The van der Waals surface area contributed by atoms with Crippen molar-refractivity contribution in [2.75, 3.05) is 6.26 Å². The van der Waals surface area contributed by atoms with E-state index in [0.717, 1.165) is 0 Å². The Morgan fingerprint density at radius 2 is 2.15 bits per heavy atom. The highest BCUT2D eigenvalue weighted by Crippen LogP contribution is 2.12. The first-order valence-corrected chi connectivity index (χ1v) is 5.58. The van der Waals surface area contributed by atoms with Gasteiger partial charge in [-0.2, -0.15) is 0 Å². The molecule has 0 saturated heterocycles. The molecule has 1 N–H and O–H groups in total. The van der Waals surface area contributed by atoms with Gasteiger partial charge in [-0.3, -0.25) is 4.79 Å². The molecule has 0 aliphatic carbocycles. The van der Waals surface area contributed by atoms with Crippen LogP contribution >= 0.6 is 23.4 Å². The molecule has 1 atom stereocenters. The van der Waals surface area contributed by atoms with Crippen LogP contribution in [0.3, 0.4) is 0 Å². The van der Waals surface area contributed by atoms with Gasteiger partial charge in [0.25, 0.3) is 0 Å². The fourth-order valence-corrected chi connectivity index (χ4v) is 1.14. The second-order valence-electron chi connectivity index (χ2n) is 3.04. The molecule has 0 aromatic heterocycles. The molecule has 4 heteroatoms. The lowest BCUT2D eigenvalue weighted by Gasteiger charge is -2.20. The summed E-state index contributed by atoms with van der Waals surface area (Å²) in [5, 5.41) is 2.74. The smallest absolute Gasteiger partial charge is 0.249 e. The van der Waals surface area contributed by atoms with Crippen LogP contribution in [0.1, 0.15) is 20.8 Å². The van der Waals surface area contributed by atoms with E-state index in [9.17, 15) is 4.79 Å². The molecule has 0 aromatic rings. The molecule has 0 radical (unpaired) electrons. The summed E-state index contributed by atoms with van der Waals surface area (Å²) in [6.45, 7) is 5.41. The number of amides is 1. The summed E-state index contributed by atoms with van der Waals surface area (Å²) in [7, 11) is 0. The Morgan fingerprint density at radius 3 is 2.54 bits per heavy atom. The maximum atomic E-state index is 11.3. The zero-order valence-corrected chi connectivity index (χ0v) is 9.84. The Hall–Kier alpha value is -0.330. The summed E-state index contributed by atoms with van der Waals surface area (Å²) in [5.41, 5.74) is -0.505. The average molecular weight is 220 g/mol. The SMILES string of the molecule is CC#CC(C)(C)NC(=O)C(Cl)SC. The molecule has 13 heavy (non-hydrogen) atoms. The molecule has 0 bridgehead atoms. The zero-order valence-electron chi connectivity index (χ0n) is 8.27. The van der Waals surface area contributed by atoms with E-state index in [4.69, 9.17) is 11.6 Å². The Bertz CT molecular complexity index is 242. The van der Waals surface area contributed by atoms with E-state index in [1.807, 2.05) is 13.8 Å². The van der Waals surface area contributed by atoms with E-state index in [1.54, 1.807) is 13.2 Å². The fraction of sp³-hybridized carbons (Fsp3) is 0.667. The molecule has 0 aliphatic rings. The van der Waals surface area contributed by atoms with E-state index in [-0.39, 0.29) is 5.91 Å². The fourth-order valence-electron chi connectivity index (χ4n) is 0.816. The highest BCUT2D eigenvalue weighted by molar-refractivity contribution is 8.01. The molecule has 2 nitrogen and oxygen atoms in total. The molecule has 0 fully saturated rings. The van der Waals surface area contributed by atoms with Crippen molar-refractivity contribution in [2.45, 2.75) is 31.0 Å². The number of nitrogens with one attached hydrogen (secondary N) is 1. The van der Waals surface area contributed by atoms with Crippen LogP contribution < -0.4 is 5.32 Å². The predicted octanol–water partition coefficient (Wildman–Crippen LogP) is 1.83. The van der Waals surface area contributed by atoms with Gasteiger partial charge in [0.1, 0.15) is 0 Å². The van der Waals surface area contributed by atoms with Crippen molar-refractivity contribution >= 4 is 29.3 Å². The first kappa shape index (κ1) is 12.7. The summed E-state index contributed by atoms with van der Waals surface area (Å²) >= 11 is 7.02. The Balaban J connectivity index is 4.25. The summed E-state index contributed by atoms with van der Waals surface area (Å²) < 4.78 is -0.544. The van der Waals surface area contributed by atoms with E-state index in [2.05, 4.69) is 17.2 Å². The molecular formula is C9H14ClNOS. The van der Waals surface area contributed by atoms with Crippen LogP contribution in [0, 0.1) is 11.8 Å². The summed E-state index contributed by atoms with van der Waals surface area (Å²) in [6, 6.07) is 0. The van der Waals surface area contributed by atoms with E-state index >= 15 is 0 Å². The van der Waals surface area contributed by atoms with E-state index in [1.165, 1.54) is 11.8 Å². The normalized spacial score (nSPS) is 12.7. The highest BCUT2D eigenvalue weighted by atomic mass is 35.5. The standard InChI is InChI=1S/C9H14ClNOS/c1-5-6-9(2,3)11-8(12)7(10)13-4/h7H,1-4H3,(H,11,12). The van der Waals surface area contributed by atoms with Gasteiger partial charge in [0.2, 0.25) is 5.91 Å². The number of hydrogen-bond donors (Lipinski definition) is 1. The Kier molecular flexibility index (Phi) is 5.27. The van der Waals surface area contributed by atoms with Crippen LogP contribution in [0.15, 0.2) is 0 Å². The molecule has 0 saturated carbocycles. The summed E-state index contributed by atoms with van der Waals surface area (Å²) in [6.07, 6.45) is 1.79. The second kappa shape index (κ2) is 5.41. The van der Waals surface area contributed by atoms with Crippen LogP contribution in [0.5, 0.6) is 0 Å². The molecule has 0 heterocycles. The molecule has 0 rings (SSSR count). The maximum absolute atomic E-state index is 11.3. The lowest BCUT2D eigenvalue weighted by molar-refractivity contribution is -0.120. The van der Waals surface area contributed by atoms with Gasteiger partial charge in [0.05, 0.1) is 5.54 Å². The van der Waals surface area contributed by atoms with Crippen molar-refractivity contribution < 1.29 is 4.79 Å². The second-order valence-corrected chi connectivity index (χ2v) is 4.68. The molecule has 0 aromatic carbocycles. The summed E-state index contributed by atoms with van der Waals surface area (Å²) in [4.78, 5) is 11.3. The van der Waals surface area contributed by atoms with Crippen LogP contribution in [0.25, 0.3) is 0 Å². The van der Waals surface area contributed by atoms with Gasteiger partial charge in [-0.1, -0.05) is 5.92 Å². The highest BCUT2D eigenvalue weighted by Gasteiger charge is 2.21. The molecule has 0 aliphatic heterocycles. The van der Waals surface area contributed by atoms with Crippen molar-refractivity contribution in [3.8, 4) is 11.8 Å². The molecule has 1 amide bonds. The van der Waals surface area contributed by atoms with Crippen LogP contribution in [0.2, 0.25) is 0 Å². The number of carbonyl (C=O) groups excluding carboxylic acids is 1. The lowest BCUT2D eigenvalue weighted by atomic mass is 10.1. The maximum Gasteiger partial charge on any atom is 0.249 e. The largest absolute Gasteiger partial charge is 0.338 e. The molecule has 0 spiro atoms. The predicted molar refractivity (Wildman–Crippen MR) is 58.8 cm³/mol. The van der Waals surface area contributed by atoms with Gasteiger partial charge in [-0.15, -0.1) is 29.3 Å². The average Bonchev–Trinajstić information content (AvgIpc) is 2.01. The topological polar surface area (TPSA) is 29.1 Å². The monoisotopic (exact) mass is 219 g/mol. The molecule has 74 valence electrons. The molecule has 1 unspecified atom stereocenters. The van der Waals surface area contributed by atoms with E-state index in [0.29, 0.717) is 0 Å². The number of thioether (sulfide) groups is 1. The van der Waals surface area contributed by atoms with Gasteiger partial charge in [0, 0.05) is 0 Å². The number of alkyl halides is 1. The lowest BCUT2D eigenvalue weighted by Crippen LogP contribution is -2.44. The first-order valence-electron chi connectivity index (χ1n) is 3.85. The third-order valence-corrected chi connectivity index (χ3v) is 2.65. The minimum absolute atomic E-state index is 0.193. The third-order valence-electron chi connectivity index (χ3n) is 1.29. The number of rotatable bonds is 3. The number of carbonyl (C=O) groups is 1. The zero-order chi connectivity index (χ0) is 10.5. The Labute approximate surface area is 88.8 Å². The van der Waals surface area contributed by atoms with Crippen molar-refractivity contribution in [1.82, 2.24) is 5.32 Å². The van der Waals surface area contributed by atoms with Crippen molar-refractivity contribution in [2.24, 2.45) is 0 Å². The third kappa shape index (κ3) is 5.07. The van der Waals surface area contributed by atoms with Gasteiger partial charge in [0.15, 0.2) is 4.71 Å². The molecular weight excluding hydrogens is 206 g/mol. The number of hydrogen-bond acceptors (Lipinski definition) is 2. The van der Waals surface area contributed by atoms with Gasteiger partial charge >= 0.3 is 0 Å². The summed E-state index contributed by atoms with van der Waals surface area (Å²) in [5.74, 6) is 5.44. The minimum Gasteiger partial charge on any atom is -0.338 e. The van der Waals surface area contributed by atoms with Crippen LogP contribution in [0.4, 0.5) is 0 Å². The quantitative estimate of drug-likeness (QED) is 0.580. The Morgan fingerprint density at radius 1 is 1.62 bits per heavy atom. The van der Waals surface area contributed by atoms with Crippen LogP contribution in [-0.4, -0.2) is 22.4 Å². The van der Waals surface area contributed by atoms with Crippen LogP contribution in [-0.2, 0) is 4.79 Å². The van der Waals surface area contributed by atoms with Crippen molar-refractivity contribution in [1.29, 1.82) is 0 Å². The van der Waals surface area contributed by atoms with Gasteiger partial charge < -0.3 is 5.32 Å². The first-order chi connectivity index (χ1) is 5.93. The van der Waals surface area contributed by atoms with Gasteiger partial charge in [-0.25, -0.2) is 0 Å². The van der Waals surface area contributed by atoms with Crippen molar-refractivity contribution in [3.63, 3.8) is 0 Å². The minimum atomic E-state index is -0.544. The number of halogens is 1. The van der Waals surface area contributed by atoms with E-state index < -0.39 is 10.2 Å². The van der Waals surface area contributed by atoms with Crippen molar-refractivity contribution in [3.05, 3.63) is 0 Å². The van der Waals surface area contributed by atoms with Gasteiger partial charge in [-0.05, 0) is 27.0 Å².